The molecule has 1 N–H and O–H groups in total. The second kappa shape index (κ2) is 6.94. The summed E-state index contributed by atoms with van der Waals surface area (Å²) >= 11 is 0. The highest BCUT2D eigenvalue weighted by Crippen LogP contribution is 2.38. The molecule has 6 heteroatoms. The van der Waals surface area contributed by atoms with Crippen LogP contribution in [0.2, 0.25) is 0 Å². The van der Waals surface area contributed by atoms with Gasteiger partial charge in [-0.15, -0.1) is 0 Å². The standard InChI is InChI=1S/C19H26N2O4/c1-19(2,3)25-17(22)20-15-11-14-9-10-16(15)21(14)18(23)24-12-13-7-5-4-6-8-13/h4-8,14-16H,9-12H2,1-3H3,(H,20,22). The summed E-state index contributed by atoms with van der Waals surface area (Å²) in [5.74, 6) is 0. The zero-order chi connectivity index (χ0) is 18.0. The SMILES string of the molecule is CC(C)(C)OC(=O)NC1CC2CCC1N2C(=O)OCc1ccccc1. The van der Waals surface area contributed by atoms with E-state index in [4.69, 9.17) is 9.47 Å². The highest BCUT2D eigenvalue weighted by atomic mass is 16.6. The Morgan fingerprint density at radius 3 is 2.60 bits per heavy atom. The van der Waals surface area contributed by atoms with Gasteiger partial charge in [0.25, 0.3) is 0 Å². The molecule has 2 aliphatic rings. The average molecular weight is 346 g/mol. The van der Waals surface area contributed by atoms with Gasteiger partial charge < -0.3 is 19.7 Å². The maximum Gasteiger partial charge on any atom is 0.410 e. The number of ether oxygens (including phenoxy) is 2. The normalized spacial score (nSPS) is 24.9. The largest absolute Gasteiger partial charge is 0.445 e. The number of nitrogens with one attached hydrogen (secondary N) is 1. The number of rotatable bonds is 3. The zero-order valence-corrected chi connectivity index (χ0v) is 15.0. The van der Waals surface area contributed by atoms with Crippen molar-refractivity contribution < 1.29 is 19.1 Å². The Morgan fingerprint density at radius 2 is 1.92 bits per heavy atom. The van der Waals surface area contributed by atoms with Crippen LogP contribution in [0, 0.1) is 0 Å². The topological polar surface area (TPSA) is 67.9 Å². The van der Waals surface area contributed by atoms with Crippen molar-refractivity contribution in [3.8, 4) is 0 Å². The molecule has 2 fully saturated rings. The predicted octanol–water partition coefficient (Wildman–Crippen LogP) is 3.45. The highest BCUT2D eigenvalue weighted by molar-refractivity contribution is 5.71. The number of nitrogens with zero attached hydrogens (tertiary/aromatic N) is 1. The van der Waals surface area contributed by atoms with Gasteiger partial charge in [0.2, 0.25) is 0 Å². The molecule has 6 nitrogen and oxygen atoms in total. The van der Waals surface area contributed by atoms with E-state index in [0.717, 1.165) is 24.8 Å². The third kappa shape index (κ3) is 4.24. The summed E-state index contributed by atoms with van der Waals surface area (Å²) < 4.78 is 10.8. The van der Waals surface area contributed by atoms with Gasteiger partial charge in [0, 0.05) is 6.04 Å². The van der Waals surface area contributed by atoms with E-state index >= 15 is 0 Å². The van der Waals surface area contributed by atoms with Crippen molar-refractivity contribution >= 4 is 12.2 Å². The summed E-state index contributed by atoms with van der Waals surface area (Å²) in [6.45, 7) is 5.77. The van der Waals surface area contributed by atoms with Crippen LogP contribution in [0.25, 0.3) is 0 Å². The fraction of sp³-hybridized carbons (Fsp3) is 0.579. The van der Waals surface area contributed by atoms with Crippen molar-refractivity contribution in [1.29, 1.82) is 0 Å². The fourth-order valence-electron chi connectivity index (χ4n) is 3.68. The second-order valence-electron chi connectivity index (χ2n) is 7.73. The number of fused-ring (bicyclic) bond motifs is 2. The van der Waals surface area contributed by atoms with Crippen LogP contribution in [0.4, 0.5) is 9.59 Å². The molecule has 1 aromatic carbocycles. The van der Waals surface area contributed by atoms with Gasteiger partial charge in [-0.3, -0.25) is 0 Å². The molecular weight excluding hydrogens is 320 g/mol. The van der Waals surface area contributed by atoms with Crippen LogP contribution in [0.5, 0.6) is 0 Å². The molecule has 2 amide bonds. The summed E-state index contributed by atoms with van der Waals surface area (Å²) in [6, 6.07) is 9.68. The third-order valence-electron chi connectivity index (χ3n) is 4.65. The van der Waals surface area contributed by atoms with E-state index in [2.05, 4.69) is 5.32 Å². The van der Waals surface area contributed by atoms with Crippen molar-refractivity contribution in [2.45, 2.75) is 70.4 Å². The molecular formula is C19H26N2O4. The lowest BCUT2D eigenvalue weighted by molar-refractivity contribution is 0.0485. The molecule has 3 unspecified atom stereocenters. The molecule has 0 saturated carbocycles. The lowest BCUT2D eigenvalue weighted by atomic mass is 9.96. The minimum atomic E-state index is -0.532. The van der Waals surface area contributed by atoms with Crippen molar-refractivity contribution in [3.05, 3.63) is 35.9 Å². The summed E-state index contributed by atoms with van der Waals surface area (Å²) in [7, 11) is 0. The monoisotopic (exact) mass is 346 g/mol. The van der Waals surface area contributed by atoms with Gasteiger partial charge in [-0.1, -0.05) is 30.3 Å². The maximum atomic E-state index is 12.5. The fourth-order valence-corrected chi connectivity index (χ4v) is 3.68. The summed E-state index contributed by atoms with van der Waals surface area (Å²) in [4.78, 5) is 26.3. The first-order valence-corrected chi connectivity index (χ1v) is 8.82. The molecule has 2 heterocycles. The Bertz CT molecular complexity index is 626. The predicted molar refractivity (Wildman–Crippen MR) is 93.1 cm³/mol. The van der Waals surface area contributed by atoms with Gasteiger partial charge in [-0.25, -0.2) is 9.59 Å². The highest BCUT2D eigenvalue weighted by Gasteiger charge is 2.50. The van der Waals surface area contributed by atoms with Crippen LogP contribution >= 0.6 is 0 Å². The molecule has 0 spiro atoms. The van der Waals surface area contributed by atoms with Gasteiger partial charge >= 0.3 is 12.2 Å². The Hall–Kier alpha value is -2.24. The maximum absolute atomic E-state index is 12.5. The van der Waals surface area contributed by atoms with E-state index in [9.17, 15) is 9.59 Å². The Labute approximate surface area is 148 Å². The first kappa shape index (κ1) is 17.6. The molecule has 3 atom stereocenters. The van der Waals surface area contributed by atoms with Crippen molar-refractivity contribution in [1.82, 2.24) is 10.2 Å². The third-order valence-corrected chi connectivity index (χ3v) is 4.65. The molecule has 1 aromatic rings. The number of hydrogen-bond donors (Lipinski definition) is 1. The van der Waals surface area contributed by atoms with Gasteiger partial charge in [0.1, 0.15) is 12.2 Å². The molecule has 136 valence electrons. The lowest BCUT2D eigenvalue weighted by Crippen LogP contribution is -2.46. The Balaban J connectivity index is 1.55. The van der Waals surface area contributed by atoms with Crippen molar-refractivity contribution in [3.63, 3.8) is 0 Å². The van der Waals surface area contributed by atoms with Crippen LogP contribution in [-0.4, -0.2) is 40.8 Å². The second-order valence-corrected chi connectivity index (χ2v) is 7.73. The molecule has 2 aliphatic heterocycles. The van der Waals surface area contributed by atoms with Crippen LogP contribution < -0.4 is 5.32 Å². The summed E-state index contributed by atoms with van der Waals surface area (Å²) in [5, 5.41) is 2.91. The van der Waals surface area contributed by atoms with Gasteiger partial charge in [-0.05, 0) is 45.6 Å². The van der Waals surface area contributed by atoms with Crippen molar-refractivity contribution in [2.24, 2.45) is 0 Å². The molecule has 3 rings (SSSR count). The van der Waals surface area contributed by atoms with Crippen LogP contribution in [0.1, 0.15) is 45.6 Å². The van der Waals surface area contributed by atoms with Crippen LogP contribution in [0.3, 0.4) is 0 Å². The number of benzene rings is 1. The lowest BCUT2D eigenvalue weighted by Gasteiger charge is -2.26. The van der Waals surface area contributed by atoms with E-state index in [1.54, 1.807) is 4.90 Å². The van der Waals surface area contributed by atoms with E-state index in [0.29, 0.717) is 0 Å². The number of carbonyl (C=O) groups excluding carboxylic acids is 2. The van der Waals surface area contributed by atoms with Gasteiger partial charge in [0.05, 0.1) is 12.1 Å². The molecule has 0 aromatic heterocycles. The van der Waals surface area contributed by atoms with Crippen LogP contribution in [0.15, 0.2) is 30.3 Å². The average Bonchev–Trinajstić information content (AvgIpc) is 3.09. The molecule has 0 radical (unpaired) electrons. The summed E-state index contributed by atoms with van der Waals surface area (Å²) in [5.41, 5.74) is 0.432. The minimum absolute atomic E-state index is 0.0132. The van der Waals surface area contributed by atoms with Crippen molar-refractivity contribution in [2.75, 3.05) is 0 Å². The molecule has 0 aliphatic carbocycles. The molecule has 25 heavy (non-hydrogen) atoms. The Morgan fingerprint density at radius 1 is 1.20 bits per heavy atom. The summed E-state index contributed by atoms with van der Waals surface area (Å²) in [6.07, 6.45) is 1.86. The number of carbonyl (C=O) groups is 2. The Kier molecular flexibility index (Phi) is 4.88. The first-order chi connectivity index (χ1) is 11.8. The quantitative estimate of drug-likeness (QED) is 0.910. The number of amides is 2. The minimum Gasteiger partial charge on any atom is -0.445 e. The number of hydrogen-bond acceptors (Lipinski definition) is 4. The smallest absolute Gasteiger partial charge is 0.410 e. The molecule has 2 bridgehead atoms. The van der Waals surface area contributed by atoms with Crippen LogP contribution in [-0.2, 0) is 16.1 Å². The molecule has 2 saturated heterocycles. The van der Waals surface area contributed by atoms with E-state index in [1.807, 2.05) is 51.1 Å². The zero-order valence-electron chi connectivity index (χ0n) is 15.0. The first-order valence-electron chi connectivity index (χ1n) is 8.82. The van der Waals surface area contributed by atoms with Gasteiger partial charge in [-0.2, -0.15) is 0 Å². The van der Waals surface area contributed by atoms with E-state index in [1.165, 1.54) is 0 Å². The van der Waals surface area contributed by atoms with E-state index in [-0.39, 0.29) is 30.8 Å². The number of alkyl carbamates (subject to hydrolysis) is 1. The van der Waals surface area contributed by atoms with Gasteiger partial charge in [0.15, 0.2) is 0 Å². The van der Waals surface area contributed by atoms with E-state index < -0.39 is 11.7 Å².